The van der Waals surface area contributed by atoms with Gasteiger partial charge in [-0.2, -0.15) is 0 Å². The van der Waals surface area contributed by atoms with E-state index in [4.69, 9.17) is 9.47 Å². The van der Waals surface area contributed by atoms with Gasteiger partial charge in [-0.25, -0.2) is 0 Å². The molecule has 0 aromatic heterocycles. The fraction of sp³-hybridized carbons (Fsp3) is 0.600. The van der Waals surface area contributed by atoms with Crippen LogP contribution in [-0.4, -0.2) is 25.4 Å². The van der Waals surface area contributed by atoms with E-state index in [1.54, 1.807) is 0 Å². The van der Waals surface area contributed by atoms with Crippen LogP contribution in [0.25, 0.3) is 0 Å². The predicted molar refractivity (Wildman–Crippen MR) is 70.9 cm³/mol. The second-order valence-corrected chi connectivity index (χ2v) is 5.34. The molecule has 3 rings (SSSR count). The van der Waals surface area contributed by atoms with Crippen molar-refractivity contribution in [2.75, 3.05) is 13.2 Å². The molecule has 1 aromatic rings. The summed E-state index contributed by atoms with van der Waals surface area (Å²) in [6.45, 7) is 4.93. The third-order valence-corrected chi connectivity index (χ3v) is 3.69. The highest BCUT2D eigenvalue weighted by molar-refractivity contribution is 5.40. The first kappa shape index (κ1) is 12.0. The predicted octanol–water partition coefficient (Wildman–Crippen LogP) is 2.28. The van der Waals surface area contributed by atoms with E-state index in [9.17, 15) is 0 Å². The zero-order valence-electron chi connectivity index (χ0n) is 10.9. The smallest absolute Gasteiger partial charge is 0.123 e. The van der Waals surface area contributed by atoms with Crippen LogP contribution in [0.1, 0.15) is 30.9 Å². The number of hydrogen-bond donors (Lipinski definition) is 1. The molecule has 0 bridgehead atoms. The highest BCUT2D eigenvalue weighted by atomic mass is 16.5. The maximum atomic E-state index is 5.71. The molecule has 2 aliphatic heterocycles. The maximum absolute atomic E-state index is 5.71. The van der Waals surface area contributed by atoms with E-state index < -0.39 is 0 Å². The first-order valence-corrected chi connectivity index (χ1v) is 6.92. The molecule has 0 aliphatic carbocycles. The number of fused-ring (bicyclic) bond motifs is 1. The number of rotatable bonds is 4. The van der Waals surface area contributed by atoms with Crippen molar-refractivity contribution in [1.29, 1.82) is 0 Å². The maximum Gasteiger partial charge on any atom is 0.123 e. The Labute approximate surface area is 108 Å². The van der Waals surface area contributed by atoms with Crippen LogP contribution in [-0.2, 0) is 17.7 Å². The zero-order valence-corrected chi connectivity index (χ0v) is 10.9. The second-order valence-electron chi connectivity index (χ2n) is 5.34. The van der Waals surface area contributed by atoms with Crippen molar-refractivity contribution in [3.8, 4) is 5.75 Å². The summed E-state index contributed by atoms with van der Waals surface area (Å²) in [5, 5.41) is 3.48. The van der Waals surface area contributed by atoms with Crippen molar-refractivity contribution < 1.29 is 9.47 Å². The van der Waals surface area contributed by atoms with Crippen LogP contribution in [0.15, 0.2) is 18.2 Å². The van der Waals surface area contributed by atoms with Gasteiger partial charge < -0.3 is 14.8 Å². The van der Waals surface area contributed by atoms with Crippen molar-refractivity contribution in [2.24, 2.45) is 0 Å². The van der Waals surface area contributed by atoms with Crippen LogP contribution in [0.4, 0.5) is 0 Å². The summed E-state index contributed by atoms with van der Waals surface area (Å²) in [6.07, 6.45) is 4.19. The molecule has 0 saturated carbocycles. The van der Waals surface area contributed by atoms with Gasteiger partial charge in [0.2, 0.25) is 0 Å². The molecule has 98 valence electrons. The molecule has 1 aromatic carbocycles. The summed E-state index contributed by atoms with van der Waals surface area (Å²) in [4.78, 5) is 0. The Bertz CT molecular complexity index is 413. The van der Waals surface area contributed by atoms with Crippen molar-refractivity contribution in [1.82, 2.24) is 5.32 Å². The minimum absolute atomic E-state index is 0.329. The normalized spacial score (nSPS) is 26.1. The number of benzene rings is 1. The summed E-state index contributed by atoms with van der Waals surface area (Å²) in [5.41, 5.74) is 2.68. The Balaban J connectivity index is 1.52. The topological polar surface area (TPSA) is 30.5 Å². The molecule has 2 aliphatic rings. The van der Waals surface area contributed by atoms with E-state index in [-0.39, 0.29) is 0 Å². The molecule has 0 radical (unpaired) electrons. The lowest BCUT2D eigenvalue weighted by Gasteiger charge is -2.11. The van der Waals surface area contributed by atoms with Gasteiger partial charge in [-0.05, 0) is 37.0 Å². The lowest BCUT2D eigenvalue weighted by atomic mass is 10.1. The SMILES string of the molecule is C[C@@H]1Cc2cc(CNC[C@H]3CCCO3)ccc2O1. The van der Waals surface area contributed by atoms with E-state index in [1.165, 1.54) is 24.0 Å². The highest BCUT2D eigenvalue weighted by Crippen LogP contribution is 2.29. The molecule has 2 atom stereocenters. The third-order valence-electron chi connectivity index (χ3n) is 3.69. The van der Waals surface area contributed by atoms with Crippen molar-refractivity contribution in [3.05, 3.63) is 29.3 Å². The molecule has 0 unspecified atom stereocenters. The summed E-state index contributed by atoms with van der Waals surface area (Å²) < 4.78 is 11.3. The van der Waals surface area contributed by atoms with Crippen LogP contribution >= 0.6 is 0 Å². The molecular weight excluding hydrogens is 226 g/mol. The van der Waals surface area contributed by atoms with E-state index in [0.717, 1.165) is 31.9 Å². The molecule has 3 nitrogen and oxygen atoms in total. The fourth-order valence-corrected chi connectivity index (χ4v) is 2.77. The van der Waals surface area contributed by atoms with Crippen LogP contribution in [0.2, 0.25) is 0 Å². The average Bonchev–Trinajstić information content (AvgIpc) is 2.96. The Kier molecular flexibility index (Phi) is 3.52. The lowest BCUT2D eigenvalue weighted by molar-refractivity contribution is 0.110. The summed E-state index contributed by atoms with van der Waals surface area (Å²) in [5.74, 6) is 1.06. The minimum atomic E-state index is 0.329. The van der Waals surface area contributed by atoms with E-state index in [0.29, 0.717) is 12.2 Å². The summed E-state index contributed by atoms with van der Waals surface area (Å²) in [7, 11) is 0. The Morgan fingerprint density at radius 2 is 2.33 bits per heavy atom. The zero-order chi connectivity index (χ0) is 12.4. The Hall–Kier alpha value is -1.06. The molecule has 1 fully saturated rings. The molecule has 18 heavy (non-hydrogen) atoms. The minimum Gasteiger partial charge on any atom is -0.490 e. The largest absolute Gasteiger partial charge is 0.490 e. The monoisotopic (exact) mass is 247 g/mol. The molecular formula is C15H21NO2. The van der Waals surface area contributed by atoms with Crippen LogP contribution in [0, 0.1) is 0 Å². The van der Waals surface area contributed by atoms with E-state index >= 15 is 0 Å². The van der Waals surface area contributed by atoms with Gasteiger partial charge in [0.1, 0.15) is 11.9 Å². The van der Waals surface area contributed by atoms with Crippen molar-refractivity contribution >= 4 is 0 Å². The second kappa shape index (κ2) is 5.29. The van der Waals surface area contributed by atoms with Crippen LogP contribution < -0.4 is 10.1 Å². The van der Waals surface area contributed by atoms with Gasteiger partial charge in [-0.3, -0.25) is 0 Å². The third kappa shape index (κ3) is 2.68. The molecule has 0 amide bonds. The van der Waals surface area contributed by atoms with Crippen LogP contribution in [0.3, 0.4) is 0 Å². The quantitative estimate of drug-likeness (QED) is 0.885. The molecule has 1 saturated heterocycles. The summed E-state index contributed by atoms with van der Waals surface area (Å²) >= 11 is 0. The van der Waals surface area contributed by atoms with Gasteiger partial charge in [-0.15, -0.1) is 0 Å². The van der Waals surface area contributed by atoms with Crippen molar-refractivity contribution in [2.45, 2.75) is 44.9 Å². The summed E-state index contributed by atoms with van der Waals surface area (Å²) in [6, 6.07) is 6.52. The van der Waals surface area contributed by atoms with Crippen LogP contribution in [0.5, 0.6) is 5.75 Å². The first-order valence-electron chi connectivity index (χ1n) is 6.92. The van der Waals surface area contributed by atoms with E-state index in [1.807, 2.05) is 0 Å². The first-order chi connectivity index (χ1) is 8.81. The number of hydrogen-bond acceptors (Lipinski definition) is 3. The van der Waals surface area contributed by atoms with E-state index in [2.05, 4.69) is 30.4 Å². The average molecular weight is 247 g/mol. The molecule has 0 spiro atoms. The van der Waals surface area contributed by atoms with Gasteiger partial charge in [0.05, 0.1) is 6.10 Å². The Morgan fingerprint density at radius 3 is 3.17 bits per heavy atom. The van der Waals surface area contributed by atoms with Crippen molar-refractivity contribution in [3.63, 3.8) is 0 Å². The highest BCUT2D eigenvalue weighted by Gasteiger charge is 2.19. The van der Waals surface area contributed by atoms with Gasteiger partial charge in [0, 0.05) is 26.1 Å². The number of ether oxygens (including phenoxy) is 2. The standard InChI is InChI=1S/C15H21NO2/c1-11-7-13-8-12(4-5-15(13)18-11)9-16-10-14-3-2-6-17-14/h4-5,8,11,14,16H,2-3,6-7,9-10H2,1H3/t11-,14-/m1/s1. The van der Waals surface area contributed by atoms with Gasteiger partial charge in [0.25, 0.3) is 0 Å². The lowest BCUT2D eigenvalue weighted by Crippen LogP contribution is -2.25. The fourth-order valence-electron chi connectivity index (χ4n) is 2.77. The number of nitrogens with one attached hydrogen (secondary N) is 1. The van der Waals surface area contributed by atoms with Gasteiger partial charge in [-0.1, -0.05) is 12.1 Å². The molecule has 3 heteroatoms. The molecule has 2 heterocycles. The Morgan fingerprint density at radius 1 is 1.39 bits per heavy atom. The molecule has 1 N–H and O–H groups in total. The van der Waals surface area contributed by atoms with Gasteiger partial charge in [0.15, 0.2) is 0 Å². The van der Waals surface area contributed by atoms with Gasteiger partial charge >= 0.3 is 0 Å².